The van der Waals surface area contributed by atoms with E-state index in [1.165, 1.54) is 11.3 Å². The van der Waals surface area contributed by atoms with Gasteiger partial charge < -0.3 is 10.2 Å². The van der Waals surface area contributed by atoms with Crippen molar-refractivity contribution in [2.24, 2.45) is 0 Å². The summed E-state index contributed by atoms with van der Waals surface area (Å²) in [6.07, 6.45) is 7.50. The van der Waals surface area contributed by atoms with Crippen LogP contribution in [0.3, 0.4) is 0 Å². The lowest BCUT2D eigenvalue weighted by Crippen LogP contribution is -2.29. The Kier molecular flexibility index (Phi) is 4.10. The summed E-state index contributed by atoms with van der Waals surface area (Å²) in [6, 6.07) is 0.117. The molecule has 2 aromatic heterocycles. The van der Waals surface area contributed by atoms with Crippen molar-refractivity contribution in [3.8, 4) is 0 Å². The minimum absolute atomic E-state index is 0.117. The number of anilines is 2. The highest BCUT2D eigenvalue weighted by Gasteiger charge is 2.30. The first-order valence-corrected chi connectivity index (χ1v) is 7.94. The zero-order valence-corrected chi connectivity index (χ0v) is 12.6. The molecular formula is C14H17N5OS. The molecule has 3 heterocycles. The Labute approximate surface area is 127 Å². The Bertz CT molecular complexity index is 615. The fourth-order valence-electron chi connectivity index (χ4n) is 2.55. The Morgan fingerprint density at radius 1 is 1.52 bits per heavy atom. The van der Waals surface area contributed by atoms with Crippen LogP contribution < -0.4 is 5.32 Å². The van der Waals surface area contributed by atoms with Gasteiger partial charge in [-0.2, -0.15) is 0 Å². The predicted octanol–water partition coefficient (Wildman–Crippen LogP) is 2.75. The number of carbonyl (C=O) groups excluding carboxylic acids is 1. The number of hydrogen-bond acceptors (Lipinski definition) is 6. The Morgan fingerprint density at radius 3 is 3.19 bits per heavy atom. The third kappa shape index (κ3) is 3.02. The van der Waals surface area contributed by atoms with Crippen molar-refractivity contribution in [1.82, 2.24) is 19.9 Å². The topological polar surface area (TPSA) is 71.0 Å². The molecule has 1 amide bonds. The summed E-state index contributed by atoms with van der Waals surface area (Å²) in [4.78, 5) is 26.7. The van der Waals surface area contributed by atoms with Gasteiger partial charge in [0.25, 0.3) is 0 Å². The van der Waals surface area contributed by atoms with Crippen LogP contribution in [0.25, 0.3) is 0 Å². The van der Waals surface area contributed by atoms with Gasteiger partial charge in [0.2, 0.25) is 5.91 Å². The van der Waals surface area contributed by atoms with E-state index in [0.717, 1.165) is 30.2 Å². The van der Waals surface area contributed by atoms with Crippen molar-refractivity contribution < 1.29 is 4.79 Å². The van der Waals surface area contributed by atoms with Gasteiger partial charge in [-0.25, -0.2) is 9.97 Å². The third-order valence-corrected chi connectivity index (χ3v) is 4.31. The van der Waals surface area contributed by atoms with E-state index < -0.39 is 0 Å². The largest absolute Gasteiger partial charge is 0.334 e. The molecule has 3 rings (SSSR count). The van der Waals surface area contributed by atoms with E-state index in [1.54, 1.807) is 18.6 Å². The summed E-state index contributed by atoms with van der Waals surface area (Å²) in [7, 11) is 0. The van der Waals surface area contributed by atoms with E-state index in [2.05, 4.69) is 20.3 Å². The fourth-order valence-corrected chi connectivity index (χ4v) is 3.31. The van der Waals surface area contributed by atoms with E-state index in [-0.39, 0.29) is 11.9 Å². The summed E-state index contributed by atoms with van der Waals surface area (Å²) >= 11 is 1.52. The third-order valence-electron chi connectivity index (χ3n) is 3.54. The predicted molar refractivity (Wildman–Crippen MR) is 81.4 cm³/mol. The Morgan fingerprint density at radius 2 is 2.43 bits per heavy atom. The second-order valence-electron chi connectivity index (χ2n) is 4.89. The first-order chi connectivity index (χ1) is 10.3. The van der Waals surface area contributed by atoms with Gasteiger partial charge in [-0.05, 0) is 12.8 Å². The van der Waals surface area contributed by atoms with E-state index in [1.807, 2.05) is 17.2 Å². The van der Waals surface area contributed by atoms with Crippen molar-refractivity contribution in [3.05, 3.63) is 29.7 Å². The maximum Gasteiger partial charge on any atom is 0.222 e. The SMILES string of the molecule is CCC(=O)N1CCC[C@H]1c1csc(Nc2cnccn2)n1. The number of nitrogens with zero attached hydrogens (tertiary/aromatic N) is 4. The second-order valence-corrected chi connectivity index (χ2v) is 5.75. The van der Waals surface area contributed by atoms with Crippen molar-refractivity contribution in [2.45, 2.75) is 32.2 Å². The van der Waals surface area contributed by atoms with Gasteiger partial charge in [0.1, 0.15) is 0 Å². The molecule has 1 aliphatic heterocycles. The lowest BCUT2D eigenvalue weighted by atomic mass is 10.1. The van der Waals surface area contributed by atoms with Gasteiger partial charge in [0, 0.05) is 30.7 Å². The summed E-state index contributed by atoms with van der Waals surface area (Å²) in [6.45, 7) is 2.74. The molecule has 0 spiro atoms. The average Bonchev–Trinajstić information content (AvgIpc) is 3.16. The van der Waals surface area contributed by atoms with Crippen LogP contribution in [0.4, 0.5) is 10.9 Å². The summed E-state index contributed by atoms with van der Waals surface area (Å²) in [5, 5.41) is 5.93. The van der Waals surface area contributed by atoms with Crippen molar-refractivity contribution >= 4 is 28.2 Å². The number of thiazole rings is 1. The van der Waals surface area contributed by atoms with Crippen LogP contribution in [0.15, 0.2) is 24.0 Å². The van der Waals surface area contributed by atoms with E-state index >= 15 is 0 Å². The monoisotopic (exact) mass is 303 g/mol. The molecule has 21 heavy (non-hydrogen) atoms. The first kappa shape index (κ1) is 13.9. The standard InChI is InChI=1S/C14H17N5OS/c1-2-13(20)19-7-3-4-11(19)10-9-21-14(17-10)18-12-8-15-5-6-16-12/h5-6,8-9,11H,2-4,7H2,1H3,(H,16,17,18)/t11-/m0/s1. The molecule has 0 aliphatic carbocycles. The molecular weight excluding hydrogens is 286 g/mol. The molecule has 0 radical (unpaired) electrons. The van der Waals surface area contributed by atoms with Gasteiger partial charge in [0.05, 0.1) is 17.9 Å². The molecule has 1 atom stereocenters. The number of amides is 1. The number of rotatable bonds is 4. The highest BCUT2D eigenvalue weighted by molar-refractivity contribution is 7.13. The van der Waals surface area contributed by atoms with Crippen molar-refractivity contribution in [1.29, 1.82) is 0 Å². The molecule has 0 aromatic carbocycles. The second kappa shape index (κ2) is 6.17. The van der Waals surface area contributed by atoms with Crippen molar-refractivity contribution in [3.63, 3.8) is 0 Å². The number of carbonyl (C=O) groups is 1. The van der Waals surface area contributed by atoms with Crippen LogP contribution in [0, 0.1) is 0 Å². The molecule has 1 aliphatic rings. The van der Waals surface area contributed by atoms with Crippen LogP contribution in [-0.4, -0.2) is 32.3 Å². The molecule has 7 heteroatoms. The number of aromatic nitrogens is 3. The normalized spacial score (nSPS) is 18.0. The van der Waals surface area contributed by atoms with Gasteiger partial charge in [-0.1, -0.05) is 6.92 Å². The van der Waals surface area contributed by atoms with Gasteiger partial charge in [0.15, 0.2) is 10.9 Å². The lowest BCUT2D eigenvalue weighted by molar-refractivity contribution is -0.131. The van der Waals surface area contributed by atoms with Gasteiger partial charge >= 0.3 is 0 Å². The molecule has 0 unspecified atom stereocenters. The molecule has 1 saturated heterocycles. The number of likely N-dealkylation sites (tertiary alicyclic amines) is 1. The molecule has 110 valence electrons. The average molecular weight is 303 g/mol. The van der Waals surface area contributed by atoms with E-state index in [4.69, 9.17) is 0 Å². The van der Waals surface area contributed by atoms with Gasteiger partial charge in [-0.15, -0.1) is 11.3 Å². The molecule has 1 N–H and O–H groups in total. The lowest BCUT2D eigenvalue weighted by Gasteiger charge is -2.22. The Hall–Kier alpha value is -2.02. The van der Waals surface area contributed by atoms with Crippen molar-refractivity contribution in [2.75, 3.05) is 11.9 Å². The molecule has 0 bridgehead atoms. The van der Waals surface area contributed by atoms with Crippen LogP contribution in [0.2, 0.25) is 0 Å². The summed E-state index contributed by atoms with van der Waals surface area (Å²) in [5.74, 6) is 0.875. The Balaban J connectivity index is 1.74. The first-order valence-electron chi connectivity index (χ1n) is 7.06. The maximum absolute atomic E-state index is 12.0. The van der Waals surface area contributed by atoms with Crippen LogP contribution >= 0.6 is 11.3 Å². The maximum atomic E-state index is 12.0. The quantitative estimate of drug-likeness (QED) is 0.940. The van der Waals surface area contributed by atoms with Crippen LogP contribution in [-0.2, 0) is 4.79 Å². The zero-order chi connectivity index (χ0) is 14.7. The minimum Gasteiger partial charge on any atom is -0.334 e. The fraction of sp³-hybridized carbons (Fsp3) is 0.429. The van der Waals surface area contributed by atoms with E-state index in [9.17, 15) is 4.79 Å². The molecule has 0 saturated carbocycles. The molecule has 6 nitrogen and oxygen atoms in total. The summed E-state index contributed by atoms with van der Waals surface area (Å²) in [5.41, 5.74) is 0.964. The highest BCUT2D eigenvalue weighted by atomic mass is 32.1. The number of nitrogens with one attached hydrogen (secondary N) is 1. The highest BCUT2D eigenvalue weighted by Crippen LogP contribution is 2.34. The van der Waals surface area contributed by atoms with Crippen LogP contribution in [0.1, 0.15) is 37.9 Å². The minimum atomic E-state index is 0.117. The molecule has 1 fully saturated rings. The number of hydrogen-bond donors (Lipinski definition) is 1. The smallest absolute Gasteiger partial charge is 0.222 e. The molecule has 2 aromatic rings. The zero-order valence-electron chi connectivity index (χ0n) is 11.8. The van der Waals surface area contributed by atoms with E-state index in [0.29, 0.717) is 12.2 Å². The van der Waals surface area contributed by atoms with Crippen LogP contribution in [0.5, 0.6) is 0 Å². The summed E-state index contributed by atoms with van der Waals surface area (Å²) < 4.78 is 0. The van der Waals surface area contributed by atoms with Gasteiger partial charge in [-0.3, -0.25) is 9.78 Å².